The summed E-state index contributed by atoms with van der Waals surface area (Å²) in [5.74, 6) is 0. The fraction of sp³-hybridized carbons (Fsp3) is 0.375. The third-order valence-corrected chi connectivity index (χ3v) is 4.81. The Morgan fingerprint density at radius 3 is 2.79 bits per heavy atom. The van der Waals surface area contributed by atoms with Crippen molar-refractivity contribution in [3.63, 3.8) is 0 Å². The molecule has 0 bridgehead atoms. The number of thiophene rings is 1. The Hall–Kier alpha value is -1.16. The average Bonchev–Trinajstić information content (AvgIpc) is 3.06. The third-order valence-electron chi connectivity index (χ3n) is 3.68. The number of hydrogen-bond donors (Lipinski definition) is 1. The van der Waals surface area contributed by atoms with Crippen LogP contribution in [0.2, 0.25) is 0 Å². The molecule has 3 rings (SSSR count). The summed E-state index contributed by atoms with van der Waals surface area (Å²) >= 11 is 1.89. The molecular weight excluding hydrogens is 252 g/mol. The molecule has 0 aliphatic carbocycles. The van der Waals surface area contributed by atoms with Gasteiger partial charge >= 0.3 is 0 Å². The van der Waals surface area contributed by atoms with Gasteiger partial charge in [0.1, 0.15) is 0 Å². The van der Waals surface area contributed by atoms with Gasteiger partial charge in [-0.2, -0.15) is 0 Å². The van der Waals surface area contributed by atoms with Crippen LogP contribution in [0.5, 0.6) is 0 Å². The lowest BCUT2D eigenvalue weighted by Crippen LogP contribution is -2.30. The van der Waals surface area contributed by atoms with Crippen LogP contribution in [0.1, 0.15) is 11.3 Å². The maximum atomic E-state index is 3.66. The zero-order valence-corrected chi connectivity index (χ0v) is 12.1. The molecule has 100 valence electrons. The first-order valence-corrected chi connectivity index (χ1v) is 7.69. The SMILES string of the molecule is CN1CCC(NCc2ccc(-c3ccccc3)s2)C1. The van der Waals surface area contributed by atoms with Crippen LogP contribution in [0.15, 0.2) is 42.5 Å². The van der Waals surface area contributed by atoms with Gasteiger partial charge in [0.15, 0.2) is 0 Å². The minimum absolute atomic E-state index is 0.660. The highest BCUT2D eigenvalue weighted by atomic mass is 32.1. The quantitative estimate of drug-likeness (QED) is 0.919. The van der Waals surface area contributed by atoms with Crippen LogP contribution >= 0.6 is 11.3 Å². The molecule has 1 aliphatic rings. The predicted molar refractivity (Wildman–Crippen MR) is 82.5 cm³/mol. The van der Waals surface area contributed by atoms with Gasteiger partial charge in [-0.1, -0.05) is 30.3 Å². The summed E-state index contributed by atoms with van der Waals surface area (Å²) in [6, 6.07) is 15.8. The number of rotatable bonds is 4. The van der Waals surface area contributed by atoms with Gasteiger partial charge in [-0.05, 0) is 37.7 Å². The van der Waals surface area contributed by atoms with E-state index in [-0.39, 0.29) is 0 Å². The summed E-state index contributed by atoms with van der Waals surface area (Å²) in [5, 5.41) is 3.66. The van der Waals surface area contributed by atoms with Crippen LogP contribution in [0, 0.1) is 0 Å². The summed E-state index contributed by atoms with van der Waals surface area (Å²) in [7, 11) is 2.19. The number of hydrogen-bond acceptors (Lipinski definition) is 3. The zero-order valence-electron chi connectivity index (χ0n) is 11.3. The number of likely N-dealkylation sites (tertiary alicyclic amines) is 1. The minimum atomic E-state index is 0.660. The van der Waals surface area contributed by atoms with Crippen molar-refractivity contribution in [2.75, 3.05) is 20.1 Å². The van der Waals surface area contributed by atoms with Crippen molar-refractivity contribution >= 4 is 11.3 Å². The monoisotopic (exact) mass is 272 g/mol. The standard InChI is InChI=1S/C16H20N2S/c1-18-10-9-14(12-18)17-11-15-7-8-16(19-15)13-5-3-2-4-6-13/h2-8,14,17H,9-12H2,1H3. The predicted octanol–water partition coefficient (Wildman–Crippen LogP) is 3.21. The van der Waals surface area contributed by atoms with E-state index in [1.165, 1.54) is 34.8 Å². The van der Waals surface area contributed by atoms with Crippen molar-refractivity contribution in [3.05, 3.63) is 47.3 Å². The summed E-state index contributed by atoms with van der Waals surface area (Å²) in [6.07, 6.45) is 1.27. The Bertz CT molecular complexity index is 521. The van der Waals surface area contributed by atoms with Gasteiger partial charge in [-0.25, -0.2) is 0 Å². The van der Waals surface area contributed by atoms with Crippen molar-refractivity contribution in [2.45, 2.75) is 19.0 Å². The topological polar surface area (TPSA) is 15.3 Å². The maximum absolute atomic E-state index is 3.66. The average molecular weight is 272 g/mol. The Morgan fingerprint density at radius 2 is 2.05 bits per heavy atom. The molecule has 2 heterocycles. The number of nitrogens with zero attached hydrogens (tertiary/aromatic N) is 1. The Labute approximate surface area is 119 Å². The Morgan fingerprint density at radius 1 is 1.21 bits per heavy atom. The van der Waals surface area contributed by atoms with Crippen molar-refractivity contribution in [1.82, 2.24) is 10.2 Å². The van der Waals surface area contributed by atoms with Crippen LogP contribution in [-0.2, 0) is 6.54 Å². The van der Waals surface area contributed by atoms with Crippen LogP contribution in [0.4, 0.5) is 0 Å². The van der Waals surface area contributed by atoms with Crippen molar-refractivity contribution in [1.29, 1.82) is 0 Å². The van der Waals surface area contributed by atoms with Gasteiger partial charge in [0.05, 0.1) is 0 Å². The lowest BCUT2D eigenvalue weighted by Gasteiger charge is -2.11. The molecule has 1 fully saturated rings. The van der Waals surface area contributed by atoms with Crippen molar-refractivity contribution in [2.24, 2.45) is 0 Å². The van der Waals surface area contributed by atoms with Gasteiger partial charge in [0.25, 0.3) is 0 Å². The molecule has 1 atom stereocenters. The van der Waals surface area contributed by atoms with E-state index in [4.69, 9.17) is 0 Å². The Kier molecular flexibility index (Phi) is 3.97. The summed E-state index contributed by atoms with van der Waals surface area (Å²) in [5.41, 5.74) is 1.32. The van der Waals surface area contributed by atoms with Gasteiger partial charge < -0.3 is 10.2 Å². The molecule has 0 radical (unpaired) electrons. The first-order valence-electron chi connectivity index (χ1n) is 6.87. The van der Waals surface area contributed by atoms with Crippen LogP contribution in [0.3, 0.4) is 0 Å². The molecule has 1 N–H and O–H groups in total. The molecule has 2 aromatic rings. The molecular formula is C16H20N2S. The second-order valence-corrected chi connectivity index (χ2v) is 6.43. The summed E-state index contributed by atoms with van der Waals surface area (Å²) in [6.45, 7) is 3.39. The molecule has 0 spiro atoms. The molecule has 0 saturated carbocycles. The van der Waals surface area contributed by atoms with Crippen LogP contribution in [-0.4, -0.2) is 31.1 Å². The second kappa shape index (κ2) is 5.87. The van der Waals surface area contributed by atoms with E-state index < -0.39 is 0 Å². The first kappa shape index (κ1) is 12.9. The van der Waals surface area contributed by atoms with E-state index >= 15 is 0 Å². The minimum Gasteiger partial charge on any atom is -0.308 e. The van der Waals surface area contributed by atoms with E-state index in [9.17, 15) is 0 Å². The second-order valence-electron chi connectivity index (χ2n) is 5.26. The van der Waals surface area contributed by atoms with Gasteiger partial charge in [-0.15, -0.1) is 11.3 Å². The molecule has 1 aliphatic heterocycles. The normalized spacial score (nSPS) is 19.9. The van der Waals surface area contributed by atoms with E-state index in [1.807, 2.05) is 11.3 Å². The van der Waals surface area contributed by atoms with Crippen molar-refractivity contribution in [3.8, 4) is 10.4 Å². The molecule has 1 aromatic carbocycles. The van der Waals surface area contributed by atoms with Gasteiger partial charge in [-0.3, -0.25) is 0 Å². The molecule has 19 heavy (non-hydrogen) atoms. The fourth-order valence-corrected chi connectivity index (χ4v) is 3.54. The van der Waals surface area contributed by atoms with Crippen molar-refractivity contribution < 1.29 is 0 Å². The molecule has 1 aromatic heterocycles. The van der Waals surface area contributed by atoms with Crippen LogP contribution in [0.25, 0.3) is 10.4 Å². The van der Waals surface area contributed by atoms with E-state index in [1.54, 1.807) is 0 Å². The maximum Gasteiger partial charge on any atom is 0.0346 e. The van der Waals surface area contributed by atoms with E-state index in [2.05, 4.69) is 59.7 Å². The first-order chi connectivity index (χ1) is 9.31. The molecule has 0 amide bonds. The highest BCUT2D eigenvalue weighted by Crippen LogP contribution is 2.27. The number of likely N-dealkylation sites (N-methyl/N-ethyl adjacent to an activating group) is 1. The van der Waals surface area contributed by atoms with E-state index in [0.717, 1.165) is 6.54 Å². The van der Waals surface area contributed by atoms with Gasteiger partial charge in [0.2, 0.25) is 0 Å². The largest absolute Gasteiger partial charge is 0.308 e. The highest BCUT2D eigenvalue weighted by Gasteiger charge is 2.18. The molecule has 1 unspecified atom stereocenters. The van der Waals surface area contributed by atoms with E-state index in [0.29, 0.717) is 6.04 Å². The summed E-state index contributed by atoms with van der Waals surface area (Å²) < 4.78 is 0. The molecule has 1 saturated heterocycles. The summed E-state index contributed by atoms with van der Waals surface area (Å²) in [4.78, 5) is 5.18. The molecule has 2 nitrogen and oxygen atoms in total. The third kappa shape index (κ3) is 3.24. The van der Waals surface area contributed by atoms with Crippen LogP contribution < -0.4 is 5.32 Å². The molecule has 3 heteroatoms. The lowest BCUT2D eigenvalue weighted by molar-refractivity contribution is 0.398. The number of benzene rings is 1. The highest BCUT2D eigenvalue weighted by molar-refractivity contribution is 7.15. The number of nitrogens with one attached hydrogen (secondary N) is 1. The zero-order chi connectivity index (χ0) is 13.1. The lowest BCUT2D eigenvalue weighted by atomic mass is 10.2. The smallest absolute Gasteiger partial charge is 0.0346 e. The fourth-order valence-electron chi connectivity index (χ4n) is 2.58. The van der Waals surface area contributed by atoms with Gasteiger partial charge in [0, 0.05) is 28.9 Å². The Balaban J connectivity index is 1.59.